The van der Waals surface area contributed by atoms with E-state index in [9.17, 15) is 10.1 Å². The van der Waals surface area contributed by atoms with Gasteiger partial charge in [0.15, 0.2) is 5.16 Å². The second kappa shape index (κ2) is 4.89. The highest BCUT2D eigenvalue weighted by atomic mass is 32.2. The Morgan fingerprint density at radius 2 is 2.33 bits per heavy atom. The molecule has 18 heavy (non-hydrogen) atoms. The van der Waals surface area contributed by atoms with Crippen LogP contribution in [0.5, 0.6) is 0 Å². The molecule has 0 spiro atoms. The normalized spacial score (nSPS) is 10.0. The van der Waals surface area contributed by atoms with Crippen LogP contribution in [0.2, 0.25) is 0 Å². The van der Waals surface area contributed by atoms with Crippen LogP contribution < -0.4 is 0 Å². The molecule has 0 atom stereocenters. The fourth-order valence-electron chi connectivity index (χ4n) is 1.38. The van der Waals surface area contributed by atoms with Crippen molar-refractivity contribution in [2.45, 2.75) is 10.1 Å². The third kappa shape index (κ3) is 2.33. The Labute approximate surface area is 107 Å². The molecule has 0 amide bonds. The largest absolute Gasteiger partial charge is 0.329 e. The molecule has 0 N–H and O–H groups in total. The van der Waals surface area contributed by atoms with Crippen molar-refractivity contribution < 1.29 is 4.92 Å². The Hall–Kier alpha value is -2.33. The molecule has 1 aromatic carbocycles. The molecule has 0 saturated heterocycles. The van der Waals surface area contributed by atoms with Crippen LogP contribution in [0.1, 0.15) is 5.56 Å². The molecule has 2 aromatic rings. The van der Waals surface area contributed by atoms with Crippen molar-refractivity contribution in [3.63, 3.8) is 0 Å². The Bertz CT molecular complexity index is 645. The van der Waals surface area contributed by atoms with Gasteiger partial charge >= 0.3 is 0 Å². The van der Waals surface area contributed by atoms with Crippen LogP contribution in [0.3, 0.4) is 0 Å². The van der Waals surface area contributed by atoms with Crippen molar-refractivity contribution in [1.29, 1.82) is 5.26 Å². The van der Waals surface area contributed by atoms with E-state index in [2.05, 4.69) is 4.98 Å². The summed E-state index contributed by atoms with van der Waals surface area (Å²) in [5.74, 6) is 0. The second-order valence-corrected chi connectivity index (χ2v) is 4.51. The average molecular weight is 260 g/mol. The van der Waals surface area contributed by atoms with E-state index >= 15 is 0 Å². The summed E-state index contributed by atoms with van der Waals surface area (Å²) in [5.41, 5.74) is -0.124. The molecule has 0 saturated carbocycles. The number of hydrogen-bond acceptors (Lipinski definition) is 5. The maximum absolute atomic E-state index is 10.7. The Morgan fingerprint density at radius 1 is 1.56 bits per heavy atom. The summed E-state index contributed by atoms with van der Waals surface area (Å²) >= 11 is 1.35. The monoisotopic (exact) mass is 260 g/mol. The highest BCUT2D eigenvalue weighted by molar-refractivity contribution is 7.99. The van der Waals surface area contributed by atoms with Crippen LogP contribution in [0.15, 0.2) is 40.6 Å². The van der Waals surface area contributed by atoms with Gasteiger partial charge in [0, 0.05) is 30.4 Å². The van der Waals surface area contributed by atoms with E-state index in [1.165, 1.54) is 23.9 Å². The number of aryl methyl sites for hydroxylation is 1. The molecule has 0 aliphatic heterocycles. The van der Waals surface area contributed by atoms with E-state index in [4.69, 9.17) is 5.26 Å². The minimum Gasteiger partial charge on any atom is -0.329 e. The summed E-state index contributed by atoms with van der Waals surface area (Å²) in [6, 6.07) is 6.27. The second-order valence-electron chi connectivity index (χ2n) is 3.47. The van der Waals surface area contributed by atoms with Gasteiger partial charge in [-0.3, -0.25) is 10.1 Å². The molecular formula is C11H8N4O2S. The van der Waals surface area contributed by atoms with Crippen LogP contribution in [0, 0.1) is 21.4 Å². The first-order chi connectivity index (χ1) is 8.61. The highest BCUT2D eigenvalue weighted by Gasteiger charge is 2.14. The molecule has 0 aliphatic rings. The molecule has 0 unspecified atom stereocenters. The molecular weight excluding hydrogens is 252 g/mol. The van der Waals surface area contributed by atoms with E-state index in [1.807, 2.05) is 17.7 Å². The molecule has 0 fully saturated rings. The van der Waals surface area contributed by atoms with Gasteiger partial charge in [-0.15, -0.1) is 0 Å². The molecule has 0 bridgehead atoms. The fraction of sp³-hybridized carbons (Fsp3) is 0.0909. The summed E-state index contributed by atoms with van der Waals surface area (Å²) < 4.78 is 1.83. The van der Waals surface area contributed by atoms with Gasteiger partial charge in [0.05, 0.1) is 4.92 Å². The van der Waals surface area contributed by atoms with Gasteiger partial charge in [-0.2, -0.15) is 5.26 Å². The third-order valence-electron chi connectivity index (χ3n) is 2.27. The van der Waals surface area contributed by atoms with Crippen LogP contribution in [0.4, 0.5) is 5.69 Å². The SMILES string of the molecule is Cn1ccnc1Sc1ccc([N+](=O)[O-])c(C#N)c1. The summed E-state index contributed by atoms with van der Waals surface area (Å²) in [6.45, 7) is 0. The fourth-order valence-corrected chi connectivity index (χ4v) is 2.23. The van der Waals surface area contributed by atoms with Crippen molar-refractivity contribution in [1.82, 2.24) is 9.55 Å². The van der Waals surface area contributed by atoms with E-state index < -0.39 is 4.92 Å². The number of aromatic nitrogens is 2. The number of nitrogens with zero attached hydrogens (tertiary/aromatic N) is 4. The summed E-state index contributed by atoms with van der Waals surface area (Å²) in [5, 5.41) is 20.3. The van der Waals surface area contributed by atoms with E-state index in [-0.39, 0.29) is 11.3 Å². The summed E-state index contributed by atoms with van der Waals surface area (Å²) in [7, 11) is 1.85. The molecule has 1 heterocycles. The predicted molar refractivity (Wildman–Crippen MR) is 65.1 cm³/mol. The average Bonchev–Trinajstić information content (AvgIpc) is 2.74. The lowest BCUT2D eigenvalue weighted by atomic mass is 10.2. The summed E-state index contributed by atoms with van der Waals surface area (Å²) in [4.78, 5) is 15.0. The minimum absolute atomic E-state index is 0.0548. The number of nitro benzene ring substituents is 1. The Balaban J connectivity index is 2.34. The Morgan fingerprint density at radius 3 is 2.89 bits per heavy atom. The predicted octanol–water partition coefficient (Wildman–Crippen LogP) is 2.35. The van der Waals surface area contributed by atoms with Crippen molar-refractivity contribution in [2.75, 3.05) is 0 Å². The third-order valence-corrected chi connectivity index (χ3v) is 3.34. The van der Waals surface area contributed by atoms with Crippen LogP contribution in [-0.4, -0.2) is 14.5 Å². The van der Waals surface area contributed by atoms with E-state index in [0.29, 0.717) is 0 Å². The van der Waals surface area contributed by atoms with Crippen LogP contribution >= 0.6 is 11.8 Å². The number of imidazole rings is 1. The molecule has 2 rings (SSSR count). The van der Waals surface area contributed by atoms with Gasteiger partial charge in [0.1, 0.15) is 11.6 Å². The van der Waals surface area contributed by atoms with Crippen LogP contribution in [0.25, 0.3) is 0 Å². The maximum atomic E-state index is 10.7. The zero-order valence-electron chi connectivity index (χ0n) is 9.40. The number of rotatable bonds is 3. The quantitative estimate of drug-likeness (QED) is 0.624. The van der Waals surface area contributed by atoms with E-state index in [0.717, 1.165) is 10.1 Å². The number of nitriles is 1. The molecule has 6 nitrogen and oxygen atoms in total. The van der Waals surface area contributed by atoms with Crippen molar-refractivity contribution >= 4 is 17.4 Å². The van der Waals surface area contributed by atoms with Gasteiger partial charge in [-0.05, 0) is 12.1 Å². The molecule has 90 valence electrons. The molecule has 0 radical (unpaired) electrons. The van der Waals surface area contributed by atoms with Gasteiger partial charge in [0.25, 0.3) is 5.69 Å². The standard InChI is InChI=1S/C11H8N4O2S/c1-14-5-4-13-11(14)18-9-2-3-10(15(16)17)8(6-9)7-12/h2-6H,1H3. The molecule has 1 aromatic heterocycles. The topological polar surface area (TPSA) is 84.8 Å². The minimum atomic E-state index is -0.562. The van der Waals surface area contributed by atoms with Gasteiger partial charge in [-0.1, -0.05) is 11.8 Å². The maximum Gasteiger partial charge on any atom is 0.287 e. The lowest BCUT2D eigenvalue weighted by Crippen LogP contribution is -1.93. The first-order valence-corrected chi connectivity index (χ1v) is 5.77. The van der Waals surface area contributed by atoms with Crippen LogP contribution in [-0.2, 0) is 7.05 Å². The number of nitro groups is 1. The van der Waals surface area contributed by atoms with Gasteiger partial charge < -0.3 is 4.57 Å². The molecule has 7 heteroatoms. The summed E-state index contributed by atoms with van der Waals surface area (Å²) in [6.07, 6.45) is 3.47. The lowest BCUT2D eigenvalue weighted by Gasteiger charge is -2.02. The smallest absolute Gasteiger partial charge is 0.287 e. The van der Waals surface area contributed by atoms with Crippen molar-refractivity contribution in [3.8, 4) is 6.07 Å². The van der Waals surface area contributed by atoms with Gasteiger partial charge in [-0.25, -0.2) is 4.98 Å². The molecule has 0 aliphatic carbocycles. The van der Waals surface area contributed by atoms with E-state index in [1.54, 1.807) is 18.5 Å². The Kier molecular flexibility index (Phi) is 3.30. The zero-order valence-corrected chi connectivity index (χ0v) is 10.2. The first kappa shape index (κ1) is 12.1. The lowest BCUT2D eigenvalue weighted by molar-refractivity contribution is -0.385. The zero-order chi connectivity index (χ0) is 13.1. The van der Waals surface area contributed by atoms with Crippen molar-refractivity contribution in [2.24, 2.45) is 7.05 Å². The number of hydrogen-bond donors (Lipinski definition) is 0. The first-order valence-electron chi connectivity index (χ1n) is 4.95. The highest BCUT2D eigenvalue weighted by Crippen LogP contribution is 2.29. The van der Waals surface area contributed by atoms with Crippen molar-refractivity contribution in [3.05, 3.63) is 46.3 Å². The van der Waals surface area contributed by atoms with Gasteiger partial charge in [0.2, 0.25) is 0 Å². The number of benzene rings is 1.